The van der Waals surface area contributed by atoms with Gasteiger partial charge in [0.15, 0.2) is 0 Å². The van der Waals surface area contributed by atoms with Gasteiger partial charge in [0.1, 0.15) is 0 Å². The molecule has 2 aliphatic rings. The second-order valence-corrected chi connectivity index (χ2v) is 5.26. The summed E-state index contributed by atoms with van der Waals surface area (Å²) in [6, 6.07) is 0. The third kappa shape index (κ3) is 4.26. The van der Waals surface area contributed by atoms with Crippen LogP contribution in [0, 0.1) is 5.92 Å². The van der Waals surface area contributed by atoms with Crippen LogP contribution in [0.25, 0.3) is 0 Å². The molecule has 0 aromatic carbocycles. The van der Waals surface area contributed by atoms with Crippen LogP contribution in [-0.4, -0.2) is 37.6 Å². The van der Waals surface area contributed by atoms with Crippen molar-refractivity contribution in [1.82, 2.24) is 10.2 Å². The van der Waals surface area contributed by atoms with Gasteiger partial charge in [-0.3, -0.25) is 0 Å². The Bertz CT molecular complexity index is 207. The summed E-state index contributed by atoms with van der Waals surface area (Å²) in [6.45, 7) is 6.31. The minimum absolute atomic E-state index is 0.895. The van der Waals surface area contributed by atoms with Crippen LogP contribution in [-0.2, 0) is 0 Å². The van der Waals surface area contributed by atoms with Crippen LogP contribution in [0.3, 0.4) is 0 Å². The van der Waals surface area contributed by atoms with Gasteiger partial charge in [0.05, 0.1) is 0 Å². The zero-order valence-electron chi connectivity index (χ0n) is 10.5. The number of rotatable bonds is 5. The number of likely N-dealkylation sites (tertiary alicyclic amines) is 1. The molecule has 0 radical (unpaired) electrons. The highest BCUT2D eigenvalue weighted by Gasteiger charge is 2.11. The Morgan fingerprint density at radius 1 is 1.12 bits per heavy atom. The van der Waals surface area contributed by atoms with Crippen molar-refractivity contribution in [2.45, 2.75) is 38.5 Å². The minimum Gasteiger partial charge on any atom is -0.315 e. The second kappa shape index (κ2) is 7.08. The summed E-state index contributed by atoms with van der Waals surface area (Å²) in [5, 5.41) is 3.63. The van der Waals surface area contributed by atoms with Gasteiger partial charge in [0, 0.05) is 13.1 Å². The van der Waals surface area contributed by atoms with E-state index in [1.165, 1.54) is 71.2 Å². The highest BCUT2D eigenvalue weighted by atomic mass is 15.1. The first-order valence-corrected chi connectivity index (χ1v) is 7.03. The lowest BCUT2D eigenvalue weighted by Gasteiger charge is -2.27. The maximum atomic E-state index is 3.63. The highest BCUT2D eigenvalue weighted by Crippen LogP contribution is 2.16. The molecule has 1 unspecified atom stereocenters. The Morgan fingerprint density at radius 2 is 2.00 bits per heavy atom. The van der Waals surface area contributed by atoms with Crippen LogP contribution in [0.15, 0.2) is 12.2 Å². The summed E-state index contributed by atoms with van der Waals surface area (Å²) in [6.07, 6.45) is 12.9. The quantitative estimate of drug-likeness (QED) is 0.568. The average Bonchev–Trinajstić information content (AvgIpc) is 2.37. The molecule has 1 aliphatic carbocycles. The molecule has 0 spiro atoms. The normalized spacial score (nSPS) is 27.1. The Hall–Kier alpha value is -0.340. The Balaban J connectivity index is 1.49. The smallest absolute Gasteiger partial charge is 0.0107 e. The van der Waals surface area contributed by atoms with Gasteiger partial charge in [0.2, 0.25) is 0 Å². The standard InChI is InChI=1S/C14H26N2/c1-3-7-14(8-4-1)13-15-9-12-16-10-5-2-6-11-16/h1,3,14-15H,2,4-13H2. The van der Waals surface area contributed by atoms with Crippen molar-refractivity contribution in [2.75, 3.05) is 32.7 Å². The van der Waals surface area contributed by atoms with Crippen molar-refractivity contribution < 1.29 is 0 Å². The SMILES string of the molecule is C1=CCC(CNCCN2CCCCC2)CC1. The molecule has 0 aromatic heterocycles. The van der Waals surface area contributed by atoms with Crippen LogP contribution in [0.4, 0.5) is 0 Å². The molecule has 92 valence electrons. The number of hydrogen-bond acceptors (Lipinski definition) is 2. The topological polar surface area (TPSA) is 15.3 Å². The average molecular weight is 222 g/mol. The molecule has 1 atom stereocenters. The molecule has 2 nitrogen and oxygen atoms in total. The lowest BCUT2D eigenvalue weighted by Crippen LogP contribution is -2.37. The Kier molecular flexibility index (Phi) is 5.36. The molecule has 2 heteroatoms. The second-order valence-electron chi connectivity index (χ2n) is 5.26. The van der Waals surface area contributed by atoms with Crippen LogP contribution in [0.1, 0.15) is 38.5 Å². The van der Waals surface area contributed by atoms with Gasteiger partial charge in [-0.1, -0.05) is 18.6 Å². The molecule has 0 bridgehead atoms. The first-order chi connectivity index (χ1) is 7.95. The molecular formula is C14H26N2. The van der Waals surface area contributed by atoms with Crippen molar-refractivity contribution in [3.8, 4) is 0 Å². The van der Waals surface area contributed by atoms with Gasteiger partial charge < -0.3 is 10.2 Å². The molecule has 1 fully saturated rings. The van der Waals surface area contributed by atoms with Gasteiger partial charge in [-0.05, 0) is 57.7 Å². The fraction of sp³-hybridized carbons (Fsp3) is 0.857. The monoisotopic (exact) mass is 222 g/mol. The van der Waals surface area contributed by atoms with Crippen molar-refractivity contribution in [1.29, 1.82) is 0 Å². The summed E-state index contributed by atoms with van der Waals surface area (Å²) in [7, 11) is 0. The van der Waals surface area contributed by atoms with Gasteiger partial charge in [-0.25, -0.2) is 0 Å². The van der Waals surface area contributed by atoms with E-state index in [9.17, 15) is 0 Å². The molecule has 0 aromatic rings. The van der Waals surface area contributed by atoms with E-state index in [0.29, 0.717) is 0 Å². The summed E-state index contributed by atoms with van der Waals surface area (Å²) in [4.78, 5) is 2.61. The van der Waals surface area contributed by atoms with Gasteiger partial charge in [-0.15, -0.1) is 0 Å². The van der Waals surface area contributed by atoms with E-state index >= 15 is 0 Å². The molecule has 1 N–H and O–H groups in total. The van der Waals surface area contributed by atoms with E-state index in [0.717, 1.165) is 5.92 Å². The van der Waals surface area contributed by atoms with E-state index in [4.69, 9.17) is 0 Å². The van der Waals surface area contributed by atoms with Gasteiger partial charge in [0.25, 0.3) is 0 Å². The fourth-order valence-electron chi connectivity index (χ4n) is 2.77. The number of nitrogens with one attached hydrogen (secondary N) is 1. The predicted octanol–water partition coefficient (Wildman–Crippen LogP) is 2.42. The van der Waals surface area contributed by atoms with Crippen LogP contribution < -0.4 is 5.32 Å². The lowest BCUT2D eigenvalue weighted by molar-refractivity contribution is 0.227. The first kappa shape index (κ1) is 12.1. The fourth-order valence-corrected chi connectivity index (χ4v) is 2.77. The van der Waals surface area contributed by atoms with E-state index in [2.05, 4.69) is 22.4 Å². The Morgan fingerprint density at radius 3 is 2.75 bits per heavy atom. The zero-order valence-corrected chi connectivity index (χ0v) is 10.5. The minimum atomic E-state index is 0.895. The largest absolute Gasteiger partial charge is 0.315 e. The lowest BCUT2D eigenvalue weighted by atomic mass is 9.94. The van der Waals surface area contributed by atoms with E-state index in [1.807, 2.05) is 0 Å². The van der Waals surface area contributed by atoms with Crippen LogP contribution in [0.2, 0.25) is 0 Å². The molecule has 16 heavy (non-hydrogen) atoms. The molecule has 1 saturated heterocycles. The molecule has 2 rings (SSSR count). The maximum absolute atomic E-state index is 3.63. The molecule has 1 aliphatic heterocycles. The molecular weight excluding hydrogens is 196 g/mol. The number of piperidine rings is 1. The first-order valence-electron chi connectivity index (χ1n) is 7.03. The van der Waals surface area contributed by atoms with Crippen molar-refractivity contribution in [2.24, 2.45) is 5.92 Å². The van der Waals surface area contributed by atoms with Gasteiger partial charge >= 0.3 is 0 Å². The van der Waals surface area contributed by atoms with Crippen molar-refractivity contribution >= 4 is 0 Å². The van der Waals surface area contributed by atoms with Crippen LogP contribution in [0.5, 0.6) is 0 Å². The molecule has 0 amide bonds. The zero-order chi connectivity index (χ0) is 11.1. The number of allylic oxidation sites excluding steroid dienone is 2. The van der Waals surface area contributed by atoms with Gasteiger partial charge in [-0.2, -0.15) is 0 Å². The summed E-state index contributed by atoms with van der Waals surface area (Å²) < 4.78 is 0. The molecule has 0 saturated carbocycles. The van der Waals surface area contributed by atoms with Crippen LogP contribution >= 0.6 is 0 Å². The van der Waals surface area contributed by atoms with Crippen molar-refractivity contribution in [3.05, 3.63) is 12.2 Å². The Labute approximate surface area is 100 Å². The number of hydrogen-bond donors (Lipinski definition) is 1. The third-order valence-electron chi connectivity index (χ3n) is 3.86. The molecule has 1 heterocycles. The highest BCUT2D eigenvalue weighted by molar-refractivity contribution is 4.90. The predicted molar refractivity (Wildman–Crippen MR) is 69.6 cm³/mol. The maximum Gasteiger partial charge on any atom is 0.0107 e. The summed E-state index contributed by atoms with van der Waals surface area (Å²) >= 11 is 0. The van der Waals surface area contributed by atoms with E-state index < -0.39 is 0 Å². The summed E-state index contributed by atoms with van der Waals surface area (Å²) in [5.41, 5.74) is 0. The number of nitrogens with zero attached hydrogens (tertiary/aromatic N) is 1. The summed E-state index contributed by atoms with van der Waals surface area (Å²) in [5.74, 6) is 0.895. The van der Waals surface area contributed by atoms with E-state index in [-0.39, 0.29) is 0 Å². The van der Waals surface area contributed by atoms with Crippen molar-refractivity contribution in [3.63, 3.8) is 0 Å². The third-order valence-corrected chi connectivity index (χ3v) is 3.86. The van der Waals surface area contributed by atoms with E-state index in [1.54, 1.807) is 0 Å².